The van der Waals surface area contributed by atoms with Crippen LogP contribution in [-0.2, 0) is 6.54 Å². The second-order valence-corrected chi connectivity index (χ2v) is 4.81. The third-order valence-corrected chi connectivity index (χ3v) is 3.40. The third-order valence-electron chi connectivity index (χ3n) is 3.40. The Labute approximate surface area is 124 Å². The molecular weight excluding hydrogens is 264 g/mol. The van der Waals surface area contributed by atoms with Crippen LogP contribution in [0.15, 0.2) is 60.8 Å². The Balaban J connectivity index is 0.00000176. The van der Waals surface area contributed by atoms with Crippen LogP contribution < -0.4 is 10.5 Å². The van der Waals surface area contributed by atoms with Gasteiger partial charge in [-0.3, -0.25) is 4.79 Å². The third kappa shape index (κ3) is 2.89. The molecule has 0 aliphatic rings. The van der Waals surface area contributed by atoms with Gasteiger partial charge in [0, 0.05) is 18.7 Å². The molecule has 1 aromatic heterocycles. The minimum atomic E-state index is -0.412. The summed E-state index contributed by atoms with van der Waals surface area (Å²) in [6.07, 6.45) is 1.99. The van der Waals surface area contributed by atoms with Crippen molar-refractivity contribution < 1.29 is 11.0 Å². The van der Waals surface area contributed by atoms with Gasteiger partial charge < -0.3 is 15.0 Å². The Morgan fingerprint density at radius 2 is 1.95 bits per heavy atom. The van der Waals surface area contributed by atoms with Gasteiger partial charge in [0.15, 0.2) is 0 Å². The van der Waals surface area contributed by atoms with E-state index in [1.165, 1.54) is 0 Å². The van der Waals surface area contributed by atoms with E-state index in [1.54, 1.807) is 6.07 Å². The largest absolute Gasteiger partial charge is 0.492 e. The molecule has 0 spiro atoms. The lowest BCUT2D eigenvalue weighted by Crippen LogP contribution is -2.11. The molecule has 108 valence electrons. The molecule has 0 aliphatic heterocycles. The molecule has 3 rings (SSSR count). The summed E-state index contributed by atoms with van der Waals surface area (Å²) in [7, 11) is 0. The first kappa shape index (κ1) is 13.2. The SMILES string of the molecule is NC(=O)c1ccc2ccn(CCOc3ccccc3)c2c1.[HH]. The van der Waals surface area contributed by atoms with Gasteiger partial charge in [0.1, 0.15) is 12.4 Å². The standard InChI is InChI=1S/C17H16N2O2.H2/c18-17(20)14-7-6-13-8-9-19(16(13)12-14)10-11-21-15-4-2-1-3-5-15;/h1-9,12H,10-11H2,(H2,18,20);1H. The molecule has 4 nitrogen and oxygen atoms in total. The lowest BCUT2D eigenvalue weighted by atomic mass is 10.1. The molecule has 0 aliphatic carbocycles. The summed E-state index contributed by atoms with van der Waals surface area (Å²) >= 11 is 0. The molecule has 0 saturated heterocycles. The fourth-order valence-electron chi connectivity index (χ4n) is 2.31. The highest BCUT2D eigenvalue weighted by atomic mass is 16.5. The van der Waals surface area contributed by atoms with Crippen molar-refractivity contribution in [3.63, 3.8) is 0 Å². The number of ether oxygens (including phenoxy) is 1. The molecule has 2 aromatic carbocycles. The number of nitrogens with zero attached hydrogens (tertiary/aromatic N) is 1. The van der Waals surface area contributed by atoms with Gasteiger partial charge in [-0.1, -0.05) is 24.3 Å². The van der Waals surface area contributed by atoms with Crippen molar-refractivity contribution in [3.8, 4) is 5.75 Å². The zero-order valence-electron chi connectivity index (χ0n) is 11.5. The van der Waals surface area contributed by atoms with Crippen LogP contribution in [-0.4, -0.2) is 17.1 Å². The predicted octanol–water partition coefficient (Wildman–Crippen LogP) is 3.07. The summed E-state index contributed by atoms with van der Waals surface area (Å²) in [5.41, 5.74) is 6.84. The normalized spacial score (nSPS) is 10.7. The van der Waals surface area contributed by atoms with E-state index < -0.39 is 5.91 Å². The summed E-state index contributed by atoms with van der Waals surface area (Å²) in [6.45, 7) is 1.27. The smallest absolute Gasteiger partial charge is 0.248 e. The number of primary amides is 1. The van der Waals surface area contributed by atoms with Crippen LogP contribution >= 0.6 is 0 Å². The van der Waals surface area contributed by atoms with E-state index >= 15 is 0 Å². The van der Waals surface area contributed by atoms with Gasteiger partial charge in [-0.05, 0) is 35.7 Å². The zero-order valence-corrected chi connectivity index (χ0v) is 11.5. The van der Waals surface area contributed by atoms with Crippen LogP contribution in [0, 0.1) is 0 Å². The highest BCUT2D eigenvalue weighted by Crippen LogP contribution is 2.18. The van der Waals surface area contributed by atoms with Crippen LogP contribution in [0.1, 0.15) is 11.8 Å². The molecule has 0 atom stereocenters. The maximum absolute atomic E-state index is 11.3. The van der Waals surface area contributed by atoms with Crippen molar-refractivity contribution in [1.29, 1.82) is 0 Å². The van der Waals surface area contributed by atoms with E-state index in [0.29, 0.717) is 18.7 Å². The number of rotatable bonds is 5. The molecule has 0 unspecified atom stereocenters. The van der Waals surface area contributed by atoms with E-state index in [2.05, 4.69) is 4.57 Å². The van der Waals surface area contributed by atoms with E-state index in [4.69, 9.17) is 10.5 Å². The number of nitrogens with two attached hydrogens (primary N) is 1. The number of carbonyl (C=O) groups excluding carboxylic acids is 1. The van der Waals surface area contributed by atoms with Crippen molar-refractivity contribution in [2.45, 2.75) is 6.54 Å². The Kier molecular flexibility index (Phi) is 3.60. The first-order chi connectivity index (χ1) is 10.2. The molecular formula is C17H18N2O2. The van der Waals surface area contributed by atoms with E-state index in [1.807, 2.05) is 54.7 Å². The molecule has 4 heteroatoms. The highest BCUT2D eigenvalue weighted by molar-refractivity contribution is 5.96. The van der Waals surface area contributed by atoms with Crippen LogP contribution in [0.2, 0.25) is 0 Å². The molecule has 0 saturated carbocycles. The minimum absolute atomic E-state index is 0. The lowest BCUT2D eigenvalue weighted by molar-refractivity contribution is 0.100. The molecule has 2 N–H and O–H groups in total. The van der Waals surface area contributed by atoms with E-state index in [0.717, 1.165) is 16.7 Å². The maximum Gasteiger partial charge on any atom is 0.248 e. The number of para-hydroxylation sites is 1. The molecule has 0 bridgehead atoms. The number of hydrogen-bond acceptors (Lipinski definition) is 2. The van der Waals surface area contributed by atoms with Crippen molar-refractivity contribution in [1.82, 2.24) is 4.57 Å². The Bertz CT molecular complexity index is 769. The average Bonchev–Trinajstić information content (AvgIpc) is 2.91. The summed E-state index contributed by atoms with van der Waals surface area (Å²) in [5, 5.41) is 1.08. The predicted molar refractivity (Wildman–Crippen MR) is 84.5 cm³/mol. The molecule has 21 heavy (non-hydrogen) atoms. The summed E-state index contributed by atoms with van der Waals surface area (Å²) in [4.78, 5) is 11.3. The van der Waals surface area contributed by atoms with Crippen LogP contribution in [0.5, 0.6) is 5.75 Å². The number of aromatic nitrogens is 1. The van der Waals surface area contributed by atoms with Crippen LogP contribution in [0.3, 0.4) is 0 Å². The molecule has 0 radical (unpaired) electrons. The molecule has 0 fully saturated rings. The Morgan fingerprint density at radius 3 is 2.71 bits per heavy atom. The van der Waals surface area contributed by atoms with Crippen molar-refractivity contribution in [3.05, 3.63) is 66.4 Å². The van der Waals surface area contributed by atoms with Gasteiger partial charge in [-0.2, -0.15) is 0 Å². The second kappa shape index (κ2) is 5.71. The van der Waals surface area contributed by atoms with Crippen LogP contribution in [0.25, 0.3) is 10.9 Å². The van der Waals surface area contributed by atoms with E-state index in [9.17, 15) is 4.79 Å². The molecule has 1 amide bonds. The fourth-order valence-corrected chi connectivity index (χ4v) is 2.31. The van der Waals surface area contributed by atoms with E-state index in [-0.39, 0.29) is 1.43 Å². The number of fused-ring (bicyclic) bond motifs is 1. The maximum atomic E-state index is 11.3. The van der Waals surface area contributed by atoms with Gasteiger partial charge in [-0.15, -0.1) is 0 Å². The first-order valence-corrected chi connectivity index (χ1v) is 6.80. The van der Waals surface area contributed by atoms with Gasteiger partial charge in [-0.25, -0.2) is 0 Å². The number of benzene rings is 2. The first-order valence-electron chi connectivity index (χ1n) is 6.80. The van der Waals surface area contributed by atoms with Crippen LogP contribution in [0.4, 0.5) is 0 Å². The number of amides is 1. The summed E-state index contributed by atoms with van der Waals surface area (Å²) < 4.78 is 7.75. The number of carbonyl (C=O) groups is 1. The average molecular weight is 282 g/mol. The Hall–Kier alpha value is -2.75. The van der Waals surface area contributed by atoms with Gasteiger partial charge in [0.05, 0.1) is 6.54 Å². The van der Waals surface area contributed by atoms with Crippen molar-refractivity contribution >= 4 is 16.8 Å². The second-order valence-electron chi connectivity index (χ2n) is 4.81. The highest BCUT2D eigenvalue weighted by Gasteiger charge is 2.05. The number of hydrogen-bond donors (Lipinski definition) is 1. The topological polar surface area (TPSA) is 57.2 Å². The molecule has 3 aromatic rings. The lowest BCUT2D eigenvalue weighted by Gasteiger charge is -2.08. The quantitative estimate of drug-likeness (QED) is 0.782. The van der Waals surface area contributed by atoms with Gasteiger partial charge >= 0.3 is 0 Å². The fraction of sp³-hybridized carbons (Fsp3) is 0.118. The van der Waals surface area contributed by atoms with Crippen molar-refractivity contribution in [2.24, 2.45) is 5.73 Å². The van der Waals surface area contributed by atoms with Gasteiger partial charge in [0.2, 0.25) is 5.91 Å². The molecule has 1 heterocycles. The minimum Gasteiger partial charge on any atom is -0.492 e. The van der Waals surface area contributed by atoms with Gasteiger partial charge in [0.25, 0.3) is 0 Å². The summed E-state index contributed by atoms with van der Waals surface area (Å²) in [6, 6.07) is 17.2. The Morgan fingerprint density at radius 1 is 1.14 bits per heavy atom. The zero-order chi connectivity index (χ0) is 14.7. The summed E-state index contributed by atoms with van der Waals surface area (Å²) in [5.74, 6) is 0.442. The monoisotopic (exact) mass is 282 g/mol. The van der Waals surface area contributed by atoms with Crippen molar-refractivity contribution in [2.75, 3.05) is 6.61 Å².